The molecule has 1 atom stereocenters. The highest BCUT2D eigenvalue weighted by atomic mass is 16.5. The van der Waals surface area contributed by atoms with Crippen molar-refractivity contribution in [3.8, 4) is 11.5 Å². The van der Waals surface area contributed by atoms with Crippen molar-refractivity contribution in [1.82, 2.24) is 19.9 Å². The zero-order chi connectivity index (χ0) is 16.9. The molecule has 0 unspecified atom stereocenters. The van der Waals surface area contributed by atoms with Crippen LogP contribution in [0.25, 0.3) is 0 Å². The average molecular weight is 332 g/mol. The van der Waals surface area contributed by atoms with E-state index in [-0.39, 0.29) is 6.04 Å². The molecule has 130 valence electrons. The molecule has 2 aromatic rings. The number of aromatic nitrogens is 2. The Labute approximate surface area is 142 Å². The summed E-state index contributed by atoms with van der Waals surface area (Å²) in [6, 6.07) is 7.84. The van der Waals surface area contributed by atoms with Crippen molar-refractivity contribution in [2.45, 2.75) is 13.0 Å². The summed E-state index contributed by atoms with van der Waals surface area (Å²) < 4.78 is 16.5. The van der Waals surface area contributed by atoms with Gasteiger partial charge in [-0.1, -0.05) is 17.3 Å². The second kappa shape index (κ2) is 7.63. The molecule has 1 aliphatic rings. The summed E-state index contributed by atoms with van der Waals surface area (Å²) in [4.78, 5) is 8.99. The Morgan fingerprint density at radius 2 is 2.04 bits per heavy atom. The van der Waals surface area contributed by atoms with E-state index in [1.165, 1.54) is 0 Å². The lowest BCUT2D eigenvalue weighted by molar-refractivity contribution is 0.0669. The number of methoxy groups -OCH3 is 1. The summed E-state index contributed by atoms with van der Waals surface area (Å²) in [6.07, 6.45) is 0. The molecule has 1 saturated heterocycles. The van der Waals surface area contributed by atoms with E-state index in [9.17, 15) is 0 Å². The average Bonchev–Trinajstić information content (AvgIpc) is 3.03. The fourth-order valence-corrected chi connectivity index (χ4v) is 2.87. The van der Waals surface area contributed by atoms with E-state index in [1.807, 2.05) is 31.2 Å². The van der Waals surface area contributed by atoms with Gasteiger partial charge in [-0.2, -0.15) is 4.98 Å². The number of hydrogen-bond donors (Lipinski definition) is 0. The zero-order valence-corrected chi connectivity index (χ0v) is 14.4. The predicted molar refractivity (Wildman–Crippen MR) is 89.3 cm³/mol. The Morgan fingerprint density at radius 1 is 1.25 bits per heavy atom. The number of likely N-dealkylation sites (N-methyl/N-ethyl adjacent to an activating group) is 1. The van der Waals surface area contributed by atoms with Crippen molar-refractivity contribution in [1.29, 1.82) is 0 Å². The first-order chi connectivity index (χ1) is 11.7. The molecule has 0 spiro atoms. The van der Waals surface area contributed by atoms with Gasteiger partial charge in [0.1, 0.15) is 12.6 Å². The smallest absolute Gasteiger partial charge is 0.245 e. The Kier molecular flexibility index (Phi) is 5.32. The van der Waals surface area contributed by atoms with Crippen LogP contribution in [0.5, 0.6) is 11.5 Å². The summed E-state index contributed by atoms with van der Waals surface area (Å²) in [5, 5.41) is 3.90. The lowest BCUT2D eigenvalue weighted by atomic mass is 10.2. The third-order valence-corrected chi connectivity index (χ3v) is 4.29. The highest BCUT2D eigenvalue weighted by Crippen LogP contribution is 2.26. The molecule has 7 heteroatoms. The number of ether oxygens (including phenoxy) is 2. The number of benzene rings is 1. The lowest BCUT2D eigenvalue weighted by Crippen LogP contribution is -2.47. The van der Waals surface area contributed by atoms with Gasteiger partial charge in [-0.15, -0.1) is 0 Å². The van der Waals surface area contributed by atoms with Crippen LogP contribution < -0.4 is 9.47 Å². The normalized spacial score (nSPS) is 19.4. The Bertz CT molecular complexity index is 661. The first kappa shape index (κ1) is 16.7. The Morgan fingerprint density at radius 3 is 2.75 bits per heavy atom. The Balaban J connectivity index is 1.54. The van der Waals surface area contributed by atoms with Gasteiger partial charge in [-0.25, -0.2) is 0 Å². The summed E-state index contributed by atoms with van der Waals surface area (Å²) in [5.74, 6) is 2.90. The van der Waals surface area contributed by atoms with Crippen LogP contribution in [-0.4, -0.2) is 66.9 Å². The molecule has 0 radical (unpaired) electrons. The molecule has 0 saturated carbocycles. The van der Waals surface area contributed by atoms with E-state index in [2.05, 4.69) is 27.0 Å². The molecule has 0 bridgehead atoms. The molecular formula is C17H24N4O3. The van der Waals surface area contributed by atoms with Crippen molar-refractivity contribution in [2.75, 3.05) is 46.9 Å². The third kappa shape index (κ3) is 3.85. The molecule has 1 aliphatic heterocycles. The van der Waals surface area contributed by atoms with Gasteiger partial charge in [-0.05, 0) is 26.1 Å². The molecule has 0 N–H and O–H groups in total. The fraction of sp³-hybridized carbons (Fsp3) is 0.529. The Hall–Kier alpha value is -2.12. The van der Waals surface area contributed by atoms with Gasteiger partial charge in [0.05, 0.1) is 7.11 Å². The van der Waals surface area contributed by atoms with Crippen molar-refractivity contribution in [3.05, 3.63) is 36.0 Å². The summed E-state index contributed by atoms with van der Waals surface area (Å²) in [5.41, 5.74) is 0. The van der Waals surface area contributed by atoms with Crippen molar-refractivity contribution in [3.63, 3.8) is 0 Å². The number of para-hydroxylation sites is 2. The number of aryl methyl sites for hydroxylation is 1. The van der Waals surface area contributed by atoms with E-state index in [1.54, 1.807) is 7.11 Å². The molecular weight excluding hydrogens is 308 g/mol. The lowest BCUT2D eigenvalue weighted by Gasteiger charge is -2.37. The SMILES string of the molecule is COc1ccccc1OCCN1CCN(C)[C@H](c2nc(C)no2)C1. The van der Waals surface area contributed by atoms with E-state index < -0.39 is 0 Å². The van der Waals surface area contributed by atoms with Gasteiger partial charge >= 0.3 is 0 Å². The van der Waals surface area contributed by atoms with Crippen LogP contribution in [0.15, 0.2) is 28.8 Å². The van der Waals surface area contributed by atoms with Crippen LogP contribution in [-0.2, 0) is 0 Å². The maximum Gasteiger partial charge on any atom is 0.245 e. The third-order valence-electron chi connectivity index (χ3n) is 4.29. The second-order valence-corrected chi connectivity index (χ2v) is 5.98. The summed E-state index contributed by atoms with van der Waals surface area (Å²) in [7, 11) is 3.74. The largest absolute Gasteiger partial charge is 0.493 e. The van der Waals surface area contributed by atoms with Crippen LogP contribution in [0.2, 0.25) is 0 Å². The summed E-state index contributed by atoms with van der Waals surface area (Å²) >= 11 is 0. The van der Waals surface area contributed by atoms with Gasteiger partial charge in [0.15, 0.2) is 17.3 Å². The maximum atomic E-state index is 5.87. The van der Waals surface area contributed by atoms with E-state index in [0.29, 0.717) is 18.3 Å². The van der Waals surface area contributed by atoms with Gasteiger partial charge in [-0.3, -0.25) is 9.80 Å². The quantitative estimate of drug-likeness (QED) is 0.798. The highest BCUT2D eigenvalue weighted by molar-refractivity contribution is 5.39. The minimum absolute atomic E-state index is 0.131. The molecule has 7 nitrogen and oxygen atoms in total. The predicted octanol–water partition coefficient (Wildman–Crippen LogP) is 1.75. The van der Waals surface area contributed by atoms with E-state index in [4.69, 9.17) is 14.0 Å². The molecule has 1 fully saturated rings. The topological polar surface area (TPSA) is 63.9 Å². The number of rotatable bonds is 6. The first-order valence-corrected chi connectivity index (χ1v) is 8.16. The van der Waals surface area contributed by atoms with Crippen molar-refractivity contribution in [2.24, 2.45) is 0 Å². The van der Waals surface area contributed by atoms with Crippen LogP contribution in [0.4, 0.5) is 0 Å². The van der Waals surface area contributed by atoms with Crippen molar-refractivity contribution >= 4 is 0 Å². The monoisotopic (exact) mass is 332 g/mol. The maximum absolute atomic E-state index is 5.87. The minimum Gasteiger partial charge on any atom is -0.493 e. The van der Waals surface area contributed by atoms with Crippen LogP contribution in [0, 0.1) is 6.92 Å². The number of nitrogens with zero attached hydrogens (tertiary/aromatic N) is 4. The van der Waals surface area contributed by atoms with Crippen molar-refractivity contribution < 1.29 is 14.0 Å². The van der Waals surface area contributed by atoms with E-state index in [0.717, 1.165) is 37.7 Å². The second-order valence-electron chi connectivity index (χ2n) is 5.98. The number of hydrogen-bond acceptors (Lipinski definition) is 7. The molecule has 24 heavy (non-hydrogen) atoms. The fourth-order valence-electron chi connectivity index (χ4n) is 2.87. The molecule has 1 aromatic carbocycles. The minimum atomic E-state index is 0.131. The molecule has 0 amide bonds. The van der Waals surface area contributed by atoms with Gasteiger partial charge < -0.3 is 14.0 Å². The van der Waals surface area contributed by atoms with Gasteiger partial charge in [0, 0.05) is 26.2 Å². The molecule has 1 aromatic heterocycles. The van der Waals surface area contributed by atoms with Gasteiger partial charge in [0.2, 0.25) is 5.89 Å². The zero-order valence-electron chi connectivity index (χ0n) is 14.4. The number of piperazine rings is 1. The van der Waals surface area contributed by atoms with Crippen LogP contribution >= 0.6 is 0 Å². The molecule has 2 heterocycles. The highest BCUT2D eigenvalue weighted by Gasteiger charge is 2.29. The summed E-state index contributed by atoms with van der Waals surface area (Å²) in [6.45, 7) is 6.10. The standard InChI is InChI=1S/C17H24N4O3/c1-13-18-17(24-19-13)14-12-21(9-8-20(14)2)10-11-23-16-7-5-4-6-15(16)22-3/h4-7,14H,8-12H2,1-3H3/t14-/m0/s1. The van der Waals surface area contributed by atoms with E-state index >= 15 is 0 Å². The van der Waals surface area contributed by atoms with Crippen LogP contribution in [0.3, 0.4) is 0 Å². The first-order valence-electron chi connectivity index (χ1n) is 8.16. The molecule has 0 aliphatic carbocycles. The van der Waals surface area contributed by atoms with Gasteiger partial charge in [0.25, 0.3) is 0 Å². The van der Waals surface area contributed by atoms with Crippen LogP contribution in [0.1, 0.15) is 17.8 Å². The molecule has 3 rings (SSSR count).